The highest BCUT2D eigenvalue weighted by Crippen LogP contribution is 2.27. The van der Waals surface area contributed by atoms with Crippen LogP contribution in [0.5, 0.6) is 5.75 Å². The van der Waals surface area contributed by atoms with E-state index in [-0.39, 0.29) is 6.61 Å². The predicted octanol–water partition coefficient (Wildman–Crippen LogP) is 1.78. The number of nitrogen functional groups attached to an aromatic ring is 3. The molecule has 0 heterocycles. The number of nitrogens with two attached hydrogens (primary N) is 3. The third kappa shape index (κ3) is 4.68. The number of aliphatic hydroxyl groups excluding tert-OH is 1. The fraction of sp³-hybridized carbons (Fsp3) is 0.294. The second-order valence-electron chi connectivity index (χ2n) is 5.41. The Hall–Kier alpha value is -2.64. The van der Waals surface area contributed by atoms with Gasteiger partial charge in [-0.2, -0.15) is 0 Å². The lowest BCUT2D eigenvalue weighted by Crippen LogP contribution is -2.28. The van der Waals surface area contributed by atoms with Gasteiger partial charge in [0.15, 0.2) is 6.23 Å². The average molecular weight is 332 g/mol. The van der Waals surface area contributed by atoms with Gasteiger partial charge in [-0.15, -0.1) is 0 Å². The summed E-state index contributed by atoms with van der Waals surface area (Å²) in [5.41, 5.74) is 20.8. The van der Waals surface area contributed by atoms with Crippen LogP contribution in [0.15, 0.2) is 36.4 Å². The van der Waals surface area contributed by atoms with E-state index >= 15 is 0 Å². The highest BCUT2D eigenvalue weighted by atomic mass is 16.5. The van der Waals surface area contributed by atoms with Gasteiger partial charge in [0, 0.05) is 42.8 Å². The van der Waals surface area contributed by atoms with Gasteiger partial charge in [0.1, 0.15) is 5.75 Å². The number of hydrogen-bond acceptors (Lipinski definition) is 7. The van der Waals surface area contributed by atoms with Crippen molar-refractivity contribution in [2.24, 2.45) is 0 Å². The monoisotopic (exact) mass is 332 g/mol. The van der Waals surface area contributed by atoms with Gasteiger partial charge in [-0.1, -0.05) is 0 Å². The zero-order chi connectivity index (χ0) is 17.5. The van der Waals surface area contributed by atoms with Crippen LogP contribution >= 0.6 is 0 Å². The molecule has 2 aromatic carbocycles. The van der Waals surface area contributed by atoms with Gasteiger partial charge in [0.05, 0.1) is 12.3 Å². The van der Waals surface area contributed by atoms with E-state index in [0.717, 1.165) is 11.3 Å². The van der Waals surface area contributed by atoms with Crippen LogP contribution in [-0.4, -0.2) is 25.1 Å². The van der Waals surface area contributed by atoms with Crippen LogP contribution in [0.3, 0.4) is 0 Å². The molecule has 0 spiro atoms. The van der Waals surface area contributed by atoms with Crippen molar-refractivity contribution in [2.45, 2.75) is 19.3 Å². The largest absolute Gasteiger partial charge is 0.468 e. The molecule has 24 heavy (non-hydrogen) atoms. The lowest BCUT2D eigenvalue weighted by Gasteiger charge is -2.23. The molecule has 0 fully saturated rings. The van der Waals surface area contributed by atoms with Crippen LogP contribution in [0.2, 0.25) is 0 Å². The number of rotatable bonds is 8. The van der Waals surface area contributed by atoms with Crippen LogP contribution in [0.1, 0.15) is 12.0 Å². The minimum absolute atomic E-state index is 0.0405. The van der Waals surface area contributed by atoms with Crippen molar-refractivity contribution in [1.82, 2.24) is 0 Å². The molecule has 0 saturated carbocycles. The molecule has 0 aromatic heterocycles. The molecule has 130 valence electrons. The zero-order valence-corrected chi connectivity index (χ0v) is 13.7. The number of methoxy groups -OCH3 is 1. The molecule has 2 rings (SSSR count). The van der Waals surface area contributed by atoms with E-state index < -0.39 is 6.23 Å². The Balaban J connectivity index is 2.19. The maximum Gasteiger partial charge on any atom is 0.172 e. The van der Waals surface area contributed by atoms with Crippen LogP contribution in [0.4, 0.5) is 22.7 Å². The third-order valence-electron chi connectivity index (χ3n) is 3.44. The highest BCUT2D eigenvalue weighted by molar-refractivity contribution is 5.61. The summed E-state index contributed by atoms with van der Waals surface area (Å²) in [4.78, 5) is 0. The second kappa shape index (κ2) is 8.28. The topological polar surface area (TPSA) is 129 Å². The van der Waals surface area contributed by atoms with Gasteiger partial charge in [-0.05, 0) is 36.4 Å². The predicted molar refractivity (Wildman–Crippen MR) is 96.6 cm³/mol. The fourth-order valence-electron chi connectivity index (χ4n) is 2.31. The number of nitrogens with one attached hydrogen (secondary N) is 1. The quantitative estimate of drug-likeness (QED) is 0.368. The van der Waals surface area contributed by atoms with E-state index in [1.54, 1.807) is 31.4 Å². The number of benzene rings is 2. The van der Waals surface area contributed by atoms with Crippen molar-refractivity contribution in [3.63, 3.8) is 0 Å². The van der Waals surface area contributed by atoms with Gasteiger partial charge in [0.25, 0.3) is 0 Å². The third-order valence-corrected chi connectivity index (χ3v) is 3.44. The van der Waals surface area contributed by atoms with Crippen molar-refractivity contribution in [1.29, 1.82) is 0 Å². The Morgan fingerprint density at radius 2 is 1.79 bits per heavy atom. The molecule has 0 saturated heterocycles. The number of hydrogen-bond donors (Lipinski definition) is 5. The molecule has 0 amide bonds. The first-order chi connectivity index (χ1) is 11.5. The smallest absolute Gasteiger partial charge is 0.172 e. The summed E-state index contributed by atoms with van der Waals surface area (Å²) >= 11 is 0. The summed E-state index contributed by atoms with van der Waals surface area (Å²) in [6.45, 7) is 0.365. The summed E-state index contributed by atoms with van der Waals surface area (Å²) in [6, 6.07) is 10.5. The molecule has 0 aliphatic heterocycles. The van der Waals surface area contributed by atoms with Crippen molar-refractivity contribution < 1.29 is 14.6 Å². The fourth-order valence-corrected chi connectivity index (χ4v) is 2.31. The van der Waals surface area contributed by atoms with E-state index in [0.29, 0.717) is 35.8 Å². The second-order valence-corrected chi connectivity index (χ2v) is 5.41. The van der Waals surface area contributed by atoms with Crippen molar-refractivity contribution in [3.8, 4) is 5.75 Å². The molecule has 0 radical (unpaired) electrons. The van der Waals surface area contributed by atoms with Crippen LogP contribution in [0, 0.1) is 0 Å². The van der Waals surface area contributed by atoms with E-state index in [4.69, 9.17) is 26.7 Å². The number of aliphatic hydroxyl groups is 1. The molecule has 8 N–H and O–H groups in total. The standard InChI is InChI=1S/C17H24N4O3/c1-23-10-11-8-12(18)2-4-15(11)21-17(6-7-22)24-16-5-3-13(19)9-14(16)20/h2-5,8-9,17,21-22H,6-7,10,18-20H2,1H3. The molecule has 1 unspecified atom stereocenters. The summed E-state index contributed by atoms with van der Waals surface area (Å²) in [7, 11) is 1.61. The van der Waals surface area contributed by atoms with E-state index in [1.165, 1.54) is 0 Å². The summed E-state index contributed by atoms with van der Waals surface area (Å²) < 4.78 is 11.1. The number of anilines is 4. The van der Waals surface area contributed by atoms with Crippen molar-refractivity contribution >= 4 is 22.7 Å². The summed E-state index contributed by atoms with van der Waals surface area (Å²) in [5.74, 6) is 0.499. The van der Waals surface area contributed by atoms with Gasteiger partial charge >= 0.3 is 0 Å². The van der Waals surface area contributed by atoms with Crippen molar-refractivity contribution in [2.75, 3.05) is 36.2 Å². The minimum atomic E-state index is -0.472. The number of ether oxygens (including phenoxy) is 2. The molecule has 1 atom stereocenters. The SMILES string of the molecule is COCc1cc(N)ccc1NC(CCO)Oc1ccc(N)cc1N. The Morgan fingerprint density at radius 3 is 2.46 bits per heavy atom. The van der Waals surface area contributed by atoms with Gasteiger partial charge < -0.3 is 37.1 Å². The molecule has 7 heteroatoms. The summed E-state index contributed by atoms with van der Waals surface area (Å²) in [5, 5.41) is 12.6. The summed E-state index contributed by atoms with van der Waals surface area (Å²) in [6.07, 6.45) is -0.0965. The molecule has 0 aliphatic carbocycles. The van der Waals surface area contributed by atoms with Crippen LogP contribution in [0.25, 0.3) is 0 Å². The zero-order valence-electron chi connectivity index (χ0n) is 13.7. The van der Waals surface area contributed by atoms with Gasteiger partial charge in [0.2, 0.25) is 0 Å². The van der Waals surface area contributed by atoms with E-state index in [1.807, 2.05) is 12.1 Å². The van der Waals surface area contributed by atoms with E-state index in [9.17, 15) is 5.11 Å². The van der Waals surface area contributed by atoms with Crippen LogP contribution in [-0.2, 0) is 11.3 Å². The molecule has 7 nitrogen and oxygen atoms in total. The molecular formula is C17H24N4O3. The Morgan fingerprint density at radius 1 is 1.08 bits per heavy atom. The average Bonchev–Trinajstić information content (AvgIpc) is 2.53. The van der Waals surface area contributed by atoms with E-state index in [2.05, 4.69) is 5.32 Å². The maximum absolute atomic E-state index is 9.31. The first-order valence-electron chi connectivity index (χ1n) is 7.60. The minimum Gasteiger partial charge on any atom is -0.468 e. The van der Waals surface area contributed by atoms with Crippen LogP contribution < -0.4 is 27.3 Å². The molecular weight excluding hydrogens is 308 g/mol. The molecule has 2 aromatic rings. The van der Waals surface area contributed by atoms with Crippen molar-refractivity contribution in [3.05, 3.63) is 42.0 Å². The van der Waals surface area contributed by atoms with Gasteiger partial charge in [-0.25, -0.2) is 0 Å². The van der Waals surface area contributed by atoms with Gasteiger partial charge in [-0.3, -0.25) is 0 Å². The first kappa shape index (κ1) is 17.7. The highest BCUT2D eigenvalue weighted by Gasteiger charge is 2.14. The Labute approximate surface area is 141 Å². The maximum atomic E-state index is 9.31. The lowest BCUT2D eigenvalue weighted by atomic mass is 10.1. The lowest BCUT2D eigenvalue weighted by molar-refractivity contribution is 0.173. The Bertz CT molecular complexity index is 679. The molecule has 0 aliphatic rings. The molecule has 0 bridgehead atoms. The Kier molecular flexibility index (Phi) is 6.11. The first-order valence-corrected chi connectivity index (χ1v) is 7.60. The normalized spacial score (nSPS) is 11.9.